The highest BCUT2D eigenvalue weighted by molar-refractivity contribution is 5.88. The van der Waals surface area contributed by atoms with E-state index >= 15 is 0 Å². The first kappa shape index (κ1) is 14.1. The number of hydrogen-bond acceptors (Lipinski definition) is 3. The normalized spacial score (nSPS) is 22.4. The Balaban J connectivity index is 1.98. The second-order valence-electron chi connectivity index (χ2n) is 6.16. The molecular formula is C15H23NO3. The van der Waals surface area contributed by atoms with Crippen LogP contribution in [0.1, 0.15) is 61.4 Å². The molecule has 2 rings (SSSR count). The van der Waals surface area contributed by atoms with Gasteiger partial charge < -0.3 is 14.8 Å². The number of nitrogens with one attached hydrogen (secondary N) is 1. The van der Waals surface area contributed by atoms with Gasteiger partial charge in [0.1, 0.15) is 17.1 Å². The Morgan fingerprint density at radius 2 is 2.26 bits per heavy atom. The van der Waals surface area contributed by atoms with Gasteiger partial charge in [0.15, 0.2) is 0 Å². The van der Waals surface area contributed by atoms with Gasteiger partial charge in [-0.1, -0.05) is 26.7 Å². The summed E-state index contributed by atoms with van der Waals surface area (Å²) in [6.45, 7) is 6.87. The van der Waals surface area contributed by atoms with Crippen molar-refractivity contribution < 1.29 is 14.3 Å². The minimum Gasteiger partial charge on any atom is -0.478 e. The Labute approximate surface area is 114 Å². The minimum absolute atomic E-state index is 0.264. The summed E-state index contributed by atoms with van der Waals surface area (Å²) in [4.78, 5) is 11.0. The van der Waals surface area contributed by atoms with Gasteiger partial charge in [-0.3, -0.25) is 0 Å². The molecule has 1 unspecified atom stereocenters. The molecule has 1 atom stereocenters. The molecule has 2 N–H and O–H groups in total. The van der Waals surface area contributed by atoms with E-state index in [1.807, 2.05) is 0 Å². The minimum atomic E-state index is -0.925. The molecule has 4 nitrogen and oxygen atoms in total. The number of carboxylic acids is 1. The van der Waals surface area contributed by atoms with Crippen LogP contribution >= 0.6 is 0 Å². The number of rotatable bonds is 4. The highest BCUT2D eigenvalue weighted by Crippen LogP contribution is 2.35. The van der Waals surface area contributed by atoms with Crippen LogP contribution in [0, 0.1) is 12.3 Å². The van der Waals surface area contributed by atoms with Crippen LogP contribution < -0.4 is 5.32 Å². The fourth-order valence-corrected chi connectivity index (χ4v) is 2.94. The van der Waals surface area contributed by atoms with E-state index in [2.05, 4.69) is 19.2 Å². The zero-order chi connectivity index (χ0) is 14.0. The molecule has 1 saturated carbocycles. The summed E-state index contributed by atoms with van der Waals surface area (Å²) >= 11 is 0. The van der Waals surface area contributed by atoms with Crippen LogP contribution in [0.4, 0.5) is 0 Å². The maximum Gasteiger partial charge on any atom is 0.339 e. The molecule has 19 heavy (non-hydrogen) atoms. The van der Waals surface area contributed by atoms with Gasteiger partial charge in [-0.25, -0.2) is 4.79 Å². The first-order valence-corrected chi connectivity index (χ1v) is 6.96. The molecule has 1 fully saturated rings. The molecule has 0 aliphatic heterocycles. The Morgan fingerprint density at radius 3 is 2.84 bits per heavy atom. The predicted molar refractivity (Wildman–Crippen MR) is 73.3 cm³/mol. The van der Waals surface area contributed by atoms with Gasteiger partial charge in [0.25, 0.3) is 0 Å². The van der Waals surface area contributed by atoms with Crippen molar-refractivity contribution in [2.24, 2.45) is 5.41 Å². The Hall–Kier alpha value is -1.29. The van der Waals surface area contributed by atoms with E-state index in [0.717, 1.165) is 0 Å². The van der Waals surface area contributed by atoms with Crippen molar-refractivity contribution in [1.82, 2.24) is 5.32 Å². The van der Waals surface area contributed by atoms with Crippen molar-refractivity contribution in [1.29, 1.82) is 0 Å². The largest absolute Gasteiger partial charge is 0.478 e. The zero-order valence-electron chi connectivity index (χ0n) is 12.0. The number of aryl methyl sites for hydroxylation is 1. The lowest BCUT2D eigenvalue weighted by Crippen LogP contribution is -2.43. The Morgan fingerprint density at radius 1 is 1.53 bits per heavy atom. The number of aromatic carboxylic acids is 1. The van der Waals surface area contributed by atoms with E-state index in [1.54, 1.807) is 13.0 Å². The maximum absolute atomic E-state index is 11.0. The van der Waals surface area contributed by atoms with Crippen LogP contribution in [0.15, 0.2) is 10.5 Å². The van der Waals surface area contributed by atoms with E-state index in [4.69, 9.17) is 9.52 Å². The number of carboxylic acid groups (broad SMARTS) is 1. The average molecular weight is 265 g/mol. The smallest absolute Gasteiger partial charge is 0.339 e. The summed E-state index contributed by atoms with van der Waals surface area (Å²) < 4.78 is 5.49. The lowest BCUT2D eigenvalue weighted by molar-refractivity contribution is 0.0695. The molecule has 1 heterocycles. The molecule has 0 saturated heterocycles. The zero-order valence-corrected chi connectivity index (χ0v) is 12.0. The number of carbonyl (C=O) groups is 1. The maximum atomic E-state index is 11.0. The predicted octanol–water partition coefficient (Wildman–Crippen LogP) is 3.34. The standard InChI is InChI=1S/C15H23NO3/c1-10-12(14(17)18)8-11(19-10)9-16-13-6-4-5-7-15(13,2)3/h8,13,16H,4-7,9H2,1-3H3,(H,17,18). The molecule has 0 spiro atoms. The van der Waals surface area contributed by atoms with Crippen molar-refractivity contribution in [2.75, 3.05) is 0 Å². The first-order chi connectivity index (χ1) is 8.90. The third kappa shape index (κ3) is 3.18. The molecule has 0 aromatic carbocycles. The summed E-state index contributed by atoms with van der Waals surface area (Å²) in [6, 6.07) is 2.10. The van der Waals surface area contributed by atoms with Gasteiger partial charge in [-0.05, 0) is 31.2 Å². The average Bonchev–Trinajstić information content (AvgIpc) is 2.69. The Bertz CT molecular complexity index is 462. The van der Waals surface area contributed by atoms with Gasteiger partial charge in [-0.2, -0.15) is 0 Å². The topological polar surface area (TPSA) is 62.5 Å². The summed E-state index contributed by atoms with van der Waals surface area (Å²) in [5.74, 6) is 0.258. The van der Waals surface area contributed by atoms with Gasteiger partial charge in [0, 0.05) is 6.04 Å². The van der Waals surface area contributed by atoms with Gasteiger partial charge in [0.2, 0.25) is 0 Å². The summed E-state index contributed by atoms with van der Waals surface area (Å²) in [7, 11) is 0. The highest BCUT2D eigenvalue weighted by Gasteiger charge is 2.31. The lowest BCUT2D eigenvalue weighted by Gasteiger charge is -2.39. The SMILES string of the molecule is Cc1oc(CNC2CCCCC2(C)C)cc1C(=O)O. The van der Waals surface area contributed by atoms with Crippen molar-refractivity contribution in [3.05, 3.63) is 23.2 Å². The summed E-state index contributed by atoms with van der Waals surface area (Å²) in [5.41, 5.74) is 0.565. The Kier molecular flexibility index (Phi) is 3.99. The van der Waals surface area contributed by atoms with Gasteiger partial charge in [0.05, 0.1) is 6.54 Å². The van der Waals surface area contributed by atoms with Crippen LogP contribution in [0.25, 0.3) is 0 Å². The van der Waals surface area contributed by atoms with Crippen LogP contribution in [0.5, 0.6) is 0 Å². The van der Waals surface area contributed by atoms with Crippen LogP contribution in [-0.2, 0) is 6.54 Å². The second-order valence-corrected chi connectivity index (χ2v) is 6.16. The van der Waals surface area contributed by atoms with E-state index in [-0.39, 0.29) is 5.56 Å². The monoisotopic (exact) mass is 265 g/mol. The van der Waals surface area contributed by atoms with Crippen LogP contribution in [0.3, 0.4) is 0 Å². The highest BCUT2D eigenvalue weighted by atomic mass is 16.4. The molecule has 0 amide bonds. The molecule has 1 aromatic heterocycles. The van der Waals surface area contributed by atoms with Crippen molar-refractivity contribution in [3.8, 4) is 0 Å². The summed E-state index contributed by atoms with van der Waals surface area (Å²) in [5, 5.41) is 12.5. The van der Waals surface area contributed by atoms with E-state index < -0.39 is 5.97 Å². The molecule has 106 valence electrons. The lowest BCUT2D eigenvalue weighted by atomic mass is 9.73. The fourth-order valence-electron chi connectivity index (χ4n) is 2.94. The van der Waals surface area contributed by atoms with Crippen molar-refractivity contribution >= 4 is 5.97 Å². The second kappa shape index (κ2) is 5.37. The van der Waals surface area contributed by atoms with Gasteiger partial charge >= 0.3 is 5.97 Å². The number of hydrogen-bond donors (Lipinski definition) is 2. The third-order valence-electron chi connectivity index (χ3n) is 4.23. The van der Waals surface area contributed by atoms with Crippen molar-refractivity contribution in [3.63, 3.8) is 0 Å². The molecule has 1 aromatic rings. The third-order valence-corrected chi connectivity index (χ3v) is 4.23. The molecular weight excluding hydrogens is 242 g/mol. The van der Waals surface area contributed by atoms with E-state index in [1.165, 1.54) is 25.7 Å². The fraction of sp³-hybridized carbons (Fsp3) is 0.667. The first-order valence-electron chi connectivity index (χ1n) is 6.96. The van der Waals surface area contributed by atoms with Gasteiger partial charge in [-0.15, -0.1) is 0 Å². The quantitative estimate of drug-likeness (QED) is 0.876. The molecule has 1 aliphatic carbocycles. The molecule has 0 bridgehead atoms. The van der Waals surface area contributed by atoms with Crippen LogP contribution in [-0.4, -0.2) is 17.1 Å². The van der Waals surface area contributed by atoms with Crippen LogP contribution in [0.2, 0.25) is 0 Å². The summed E-state index contributed by atoms with van der Waals surface area (Å²) in [6.07, 6.45) is 4.98. The number of furan rings is 1. The molecule has 1 aliphatic rings. The molecule has 0 radical (unpaired) electrons. The molecule has 4 heteroatoms. The van der Waals surface area contributed by atoms with Crippen molar-refractivity contribution in [2.45, 2.75) is 59.0 Å². The van der Waals surface area contributed by atoms with E-state index in [9.17, 15) is 4.79 Å². The van der Waals surface area contributed by atoms with E-state index in [0.29, 0.717) is 29.5 Å².